The minimum absolute atomic E-state index is 0. The van der Waals surface area contributed by atoms with Gasteiger partial charge in [0.2, 0.25) is 0 Å². The fourth-order valence-corrected chi connectivity index (χ4v) is 0. The predicted molar refractivity (Wildman–Crippen MR) is 10.7 cm³/mol. The van der Waals surface area contributed by atoms with Gasteiger partial charge in [0.15, 0.2) is 0 Å². The van der Waals surface area contributed by atoms with Gasteiger partial charge in [0.1, 0.15) is 0 Å². The van der Waals surface area contributed by atoms with Gasteiger partial charge >= 0.3 is 17.4 Å². The third-order valence-electron chi connectivity index (χ3n) is 0. The molecule has 4 heavy (non-hydrogen) atoms. The van der Waals surface area contributed by atoms with E-state index in [4.69, 9.17) is 0 Å². The van der Waals surface area contributed by atoms with E-state index in [0.717, 1.165) is 0 Å². The second kappa shape index (κ2) is 117. The van der Waals surface area contributed by atoms with Crippen molar-refractivity contribution in [2.45, 2.75) is 0 Å². The van der Waals surface area contributed by atoms with Gasteiger partial charge in [-0.3, -0.25) is 0 Å². The first-order chi connectivity index (χ1) is 0. The summed E-state index contributed by atoms with van der Waals surface area (Å²) in [7, 11) is 0. The zero-order valence-electron chi connectivity index (χ0n) is 1.89. The summed E-state index contributed by atoms with van der Waals surface area (Å²) in [5, 5.41) is 0. The first kappa shape index (κ1) is 302. The third kappa shape index (κ3) is 28.3. The molecule has 0 aromatic heterocycles. The molecule has 0 heterocycles. The maximum Gasteiger partial charge on any atom is 3.00 e. The Kier molecular flexibility index (Phi) is 8810. The second-order valence-electron chi connectivity index (χ2n) is 0. The molecule has 0 bridgehead atoms. The Balaban J connectivity index is 0. The number of rotatable bonds is 0. The molecule has 0 aliphatic heterocycles. The molecule has 0 aliphatic rings. The third-order valence-corrected chi connectivity index (χ3v) is 0. The van der Waals surface area contributed by atoms with Crippen molar-refractivity contribution in [2.75, 3.05) is 0 Å². The average Bonchev–Trinajstić information content (AvgIpc) is 0. The Hall–Kier alpha value is 0.412. The van der Waals surface area contributed by atoms with Crippen molar-refractivity contribution in [3.8, 4) is 0 Å². The van der Waals surface area contributed by atoms with E-state index in [1.807, 2.05) is 0 Å². The van der Waals surface area contributed by atoms with Gasteiger partial charge in [-0.1, -0.05) is 0 Å². The molecule has 0 fully saturated rings. The Morgan fingerprint density at radius 3 is 0.750 bits per heavy atom. The van der Waals surface area contributed by atoms with Crippen LogP contribution in [0.3, 0.4) is 0 Å². The summed E-state index contributed by atoms with van der Waals surface area (Å²) >= 11 is 0. The summed E-state index contributed by atoms with van der Waals surface area (Å²) in [4.78, 5) is 0. The number of hydrogen-bond acceptors (Lipinski definition) is 0. The van der Waals surface area contributed by atoms with Gasteiger partial charge in [-0.2, -0.15) is 0 Å². The summed E-state index contributed by atoms with van der Waals surface area (Å²) in [6.45, 7) is 0. The fourth-order valence-electron chi connectivity index (χ4n) is 0. The van der Waals surface area contributed by atoms with E-state index >= 15 is 0 Å². The Morgan fingerprint density at radius 1 is 0.750 bits per heavy atom. The largest absolute Gasteiger partial charge is 3.00 e. The summed E-state index contributed by atoms with van der Waals surface area (Å²) in [5.41, 5.74) is 0. The van der Waals surface area contributed by atoms with Crippen LogP contribution in [-0.2, 0) is 11.0 Å². The van der Waals surface area contributed by atoms with Crippen molar-refractivity contribution in [1.29, 1.82) is 0 Å². The molecular formula is H2AlO3-. The Morgan fingerprint density at radius 2 is 0.750 bits per heavy atom. The molecule has 0 atom stereocenters. The van der Waals surface area contributed by atoms with Crippen LogP contribution >= 0.6 is 0 Å². The molecule has 0 saturated carbocycles. The molecule has 24 valence electrons. The summed E-state index contributed by atoms with van der Waals surface area (Å²) in [6, 6.07) is 0. The van der Waals surface area contributed by atoms with Gasteiger partial charge in [0, 0.05) is 0 Å². The van der Waals surface area contributed by atoms with Gasteiger partial charge in [0.05, 0.1) is 0 Å². The zero-order chi connectivity index (χ0) is 0. The topological polar surface area (TPSA) is 88.5 Å². The summed E-state index contributed by atoms with van der Waals surface area (Å²) < 4.78 is 0. The normalized spacial score (nSPS) is 0. The molecule has 2 N–H and O–H groups in total. The van der Waals surface area contributed by atoms with Crippen LogP contribution in [0.25, 0.3) is 0 Å². The summed E-state index contributed by atoms with van der Waals surface area (Å²) in [6.07, 6.45) is 0. The smallest absolute Gasteiger partial charge is 2.00 e. The Labute approximate surface area is 34.7 Å². The first-order valence-electron chi connectivity index (χ1n) is 0. The average molecular weight is 77.0 g/mol. The first-order valence-corrected chi connectivity index (χ1v) is 0. The van der Waals surface area contributed by atoms with Crippen molar-refractivity contribution in [2.24, 2.45) is 0 Å². The van der Waals surface area contributed by atoms with E-state index in [-0.39, 0.29) is 33.8 Å². The van der Waals surface area contributed by atoms with Crippen molar-refractivity contribution in [1.82, 2.24) is 0 Å². The SMILES string of the molecule is O.[Al+3].[O-2].[O-2]. The number of hydrogen-bond donors (Lipinski definition) is 0. The van der Waals surface area contributed by atoms with Crippen molar-refractivity contribution in [3.63, 3.8) is 0 Å². The van der Waals surface area contributed by atoms with Gasteiger partial charge < -0.3 is 16.4 Å². The predicted octanol–water partition coefficient (Wildman–Crippen LogP) is -1.44. The molecule has 0 spiro atoms. The molecule has 0 unspecified atom stereocenters. The van der Waals surface area contributed by atoms with E-state index in [2.05, 4.69) is 0 Å². The molecule has 0 radical (unpaired) electrons. The van der Waals surface area contributed by atoms with Crippen LogP contribution in [0.2, 0.25) is 0 Å². The molecule has 0 aromatic rings. The monoisotopic (exact) mass is 77.0 g/mol. The molecular weight excluding hydrogens is 75.0 g/mol. The summed E-state index contributed by atoms with van der Waals surface area (Å²) in [5.74, 6) is 0. The van der Waals surface area contributed by atoms with Crippen LogP contribution in [0.1, 0.15) is 0 Å². The van der Waals surface area contributed by atoms with Crippen LogP contribution in [0.4, 0.5) is 0 Å². The molecule has 4 heteroatoms. The van der Waals surface area contributed by atoms with Crippen molar-refractivity contribution < 1.29 is 16.4 Å². The molecule has 0 saturated heterocycles. The van der Waals surface area contributed by atoms with Crippen LogP contribution in [-0.4, -0.2) is 22.8 Å². The van der Waals surface area contributed by atoms with E-state index in [1.54, 1.807) is 0 Å². The second-order valence-corrected chi connectivity index (χ2v) is 0. The van der Waals surface area contributed by atoms with Gasteiger partial charge in [-0.05, 0) is 0 Å². The fraction of sp³-hybridized carbons (Fsp3) is 0. The minimum Gasteiger partial charge on any atom is -2.00 e. The maximum atomic E-state index is 0. The van der Waals surface area contributed by atoms with E-state index < -0.39 is 0 Å². The van der Waals surface area contributed by atoms with E-state index in [9.17, 15) is 0 Å². The quantitative estimate of drug-likeness (QED) is 0.317. The van der Waals surface area contributed by atoms with Crippen molar-refractivity contribution >= 4 is 17.4 Å². The van der Waals surface area contributed by atoms with Gasteiger partial charge in [-0.15, -0.1) is 0 Å². The van der Waals surface area contributed by atoms with Crippen LogP contribution in [0.5, 0.6) is 0 Å². The van der Waals surface area contributed by atoms with Gasteiger partial charge in [0.25, 0.3) is 0 Å². The standard InChI is InChI=1S/Al.H2O.2O/h;1H2;;/q+3;;2*-2. The van der Waals surface area contributed by atoms with Crippen LogP contribution in [0, 0.1) is 0 Å². The van der Waals surface area contributed by atoms with E-state index in [1.165, 1.54) is 0 Å². The minimum atomic E-state index is 0. The van der Waals surface area contributed by atoms with Gasteiger partial charge in [-0.25, -0.2) is 0 Å². The van der Waals surface area contributed by atoms with Crippen LogP contribution in [0.15, 0.2) is 0 Å². The molecule has 0 rings (SSSR count). The molecule has 3 nitrogen and oxygen atoms in total. The molecule has 0 aliphatic carbocycles. The van der Waals surface area contributed by atoms with Crippen molar-refractivity contribution in [3.05, 3.63) is 0 Å². The maximum absolute atomic E-state index is 0. The Bertz CT molecular complexity index is 3.25. The van der Waals surface area contributed by atoms with E-state index in [0.29, 0.717) is 0 Å². The zero-order valence-corrected chi connectivity index (χ0v) is 3.05. The molecule has 0 aromatic carbocycles. The molecule has 0 amide bonds. The van der Waals surface area contributed by atoms with Crippen LogP contribution < -0.4 is 0 Å².